The number of rotatable bonds is 7. The molecule has 0 aromatic carbocycles. The van der Waals surface area contributed by atoms with Crippen LogP contribution in [0.1, 0.15) is 6.92 Å². The molecule has 0 aromatic heterocycles. The predicted octanol–water partition coefficient (Wildman–Crippen LogP) is 2.13. The maximum Gasteiger partial charge on any atom is 0.411 e. The topological polar surface area (TPSA) is 12.5 Å². The van der Waals surface area contributed by atoms with Crippen LogP contribution < -0.4 is 0 Å². The summed E-state index contributed by atoms with van der Waals surface area (Å²) in [6, 6.07) is 0. The van der Waals surface area contributed by atoms with Crippen molar-refractivity contribution in [1.82, 2.24) is 4.90 Å². The molecule has 0 unspecified atom stereocenters. The third-order valence-electron chi connectivity index (χ3n) is 1.67. The van der Waals surface area contributed by atoms with Gasteiger partial charge in [-0.3, -0.25) is 0 Å². The fourth-order valence-corrected chi connectivity index (χ4v) is 1.17. The van der Waals surface area contributed by atoms with Crippen molar-refractivity contribution in [2.75, 3.05) is 38.7 Å². The highest BCUT2D eigenvalue weighted by atomic mass is 35.5. The van der Waals surface area contributed by atoms with Crippen LogP contribution in [0.3, 0.4) is 0 Å². The van der Waals surface area contributed by atoms with Gasteiger partial charge in [0.15, 0.2) is 0 Å². The number of hydrogen-bond donors (Lipinski definition) is 0. The number of nitrogens with zero attached hydrogens (tertiary/aromatic N) is 1. The summed E-state index contributed by atoms with van der Waals surface area (Å²) in [4.78, 5) is 1.93. The third-order valence-corrected chi connectivity index (χ3v) is 1.83. The average molecular weight is 234 g/mol. The van der Waals surface area contributed by atoms with Crippen molar-refractivity contribution in [2.45, 2.75) is 13.1 Å². The number of halogens is 4. The number of ether oxygens (including phenoxy) is 1. The molecule has 0 radical (unpaired) electrons. The van der Waals surface area contributed by atoms with E-state index >= 15 is 0 Å². The molecule has 0 N–H and O–H groups in total. The van der Waals surface area contributed by atoms with Gasteiger partial charge in [0.25, 0.3) is 0 Å². The first-order valence-electron chi connectivity index (χ1n) is 4.42. The normalized spacial score (nSPS) is 12.4. The summed E-state index contributed by atoms with van der Waals surface area (Å²) >= 11 is 5.50. The van der Waals surface area contributed by atoms with Crippen LogP contribution >= 0.6 is 11.6 Å². The van der Waals surface area contributed by atoms with E-state index in [-0.39, 0.29) is 6.61 Å². The van der Waals surface area contributed by atoms with Crippen LogP contribution in [0.2, 0.25) is 0 Å². The van der Waals surface area contributed by atoms with Gasteiger partial charge in [0.2, 0.25) is 0 Å². The van der Waals surface area contributed by atoms with Gasteiger partial charge >= 0.3 is 6.18 Å². The van der Waals surface area contributed by atoms with Gasteiger partial charge in [0.1, 0.15) is 6.61 Å². The highest BCUT2D eigenvalue weighted by Crippen LogP contribution is 2.14. The van der Waals surface area contributed by atoms with Crippen LogP contribution in [0, 0.1) is 0 Å². The summed E-state index contributed by atoms with van der Waals surface area (Å²) in [5.74, 6) is 0.479. The summed E-state index contributed by atoms with van der Waals surface area (Å²) in [5.41, 5.74) is 0. The molecule has 0 aliphatic rings. The first-order chi connectivity index (χ1) is 6.49. The van der Waals surface area contributed by atoms with Gasteiger partial charge in [-0.1, -0.05) is 6.92 Å². The third kappa shape index (κ3) is 8.59. The molecular formula is C8H15ClF3NO. The largest absolute Gasteiger partial charge is 0.411 e. The summed E-state index contributed by atoms with van der Waals surface area (Å²) in [7, 11) is 0. The second-order valence-corrected chi connectivity index (χ2v) is 3.17. The van der Waals surface area contributed by atoms with Crippen molar-refractivity contribution in [3.8, 4) is 0 Å². The van der Waals surface area contributed by atoms with E-state index < -0.39 is 12.8 Å². The van der Waals surface area contributed by atoms with Crippen molar-refractivity contribution < 1.29 is 17.9 Å². The molecule has 0 atom stereocenters. The van der Waals surface area contributed by atoms with Crippen molar-refractivity contribution in [3.63, 3.8) is 0 Å². The van der Waals surface area contributed by atoms with E-state index in [4.69, 9.17) is 11.6 Å². The van der Waals surface area contributed by atoms with E-state index in [0.29, 0.717) is 19.0 Å². The number of likely N-dealkylation sites (N-methyl/N-ethyl adjacent to an activating group) is 1. The lowest BCUT2D eigenvalue weighted by atomic mass is 10.5. The van der Waals surface area contributed by atoms with Crippen molar-refractivity contribution in [2.24, 2.45) is 0 Å². The minimum absolute atomic E-state index is 0.0875. The summed E-state index contributed by atoms with van der Waals surface area (Å²) in [6.45, 7) is 2.76. The Morgan fingerprint density at radius 1 is 1.29 bits per heavy atom. The summed E-state index contributed by atoms with van der Waals surface area (Å²) in [5, 5.41) is 0. The Kier molecular flexibility index (Phi) is 7.31. The molecule has 0 amide bonds. The molecule has 0 aromatic rings. The zero-order valence-corrected chi connectivity index (χ0v) is 8.87. The van der Waals surface area contributed by atoms with Crippen molar-refractivity contribution in [1.29, 1.82) is 0 Å². The molecule has 0 spiro atoms. The quantitative estimate of drug-likeness (QED) is 0.493. The van der Waals surface area contributed by atoms with E-state index in [2.05, 4.69) is 4.74 Å². The van der Waals surface area contributed by atoms with Gasteiger partial charge < -0.3 is 9.64 Å². The second kappa shape index (κ2) is 7.31. The zero-order chi connectivity index (χ0) is 11.0. The van der Waals surface area contributed by atoms with E-state index in [9.17, 15) is 13.2 Å². The molecule has 6 heteroatoms. The molecule has 86 valence electrons. The van der Waals surface area contributed by atoms with Gasteiger partial charge in [0, 0.05) is 19.0 Å². The fourth-order valence-electron chi connectivity index (χ4n) is 0.929. The number of alkyl halides is 4. The minimum Gasteiger partial charge on any atom is -0.371 e. The van der Waals surface area contributed by atoms with Crippen LogP contribution in [0.4, 0.5) is 13.2 Å². The lowest BCUT2D eigenvalue weighted by molar-refractivity contribution is -0.174. The fraction of sp³-hybridized carbons (Fsp3) is 1.00. The molecule has 0 heterocycles. The molecule has 0 saturated carbocycles. The molecule has 2 nitrogen and oxygen atoms in total. The zero-order valence-electron chi connectivity index (χ0n) is 8.11. The Hall–Kier alpha value is -0.0000000000000000555. The Morgan fingerprint density at radius 2 is 1.93 bits per heavy atom. The molecule has 0 fully saturated rings. The Morgan fingerprint density at radius 3 is 2.36 bits per heavy atom. The lowest BCUT2D eigenvalue weighted by Crippen LogP contribution is -2.30. The Balaban J connectivity index is 3.42. The van der Waals surface area contributed by atoms with Crippen molar-refractivity contribution >= 4 is 11.6 Å². The number of hydrogen-bond acceptors (Lipinski definition) is 2. The van der Waals surface area contributed by atoms with Crippen LogP contribution in [-0.4, -0.2) is 49.8 Å². The Labute approximate surface area is 87.0 Å². The molecule has 0 bridgehead atoms. The molecule has 0 aliphatic carbocycles. The van der Waals surface area contributed by atoms with E-state index in [0.717, 1.165) is 6.54 Å². The molecule has 0 aliphatic heterocycles. The maximum absolute atomic E-state index is 11.7. The minimum atomic E-state index is -4.23. The average Bonchev–Trinajstić information content (AvgIpc) is 2.08. The van der Waals surface area contributed by atoms with Gasteiger partial charge in [-0.25, -0.2) is 0 Å². The summed E-state index contributed by atoms with van der Waals surface area (Å²) < 4.78 is 39.4. The van der Waals surface area contributed by atoms with E-state index in [1.54, 1.807) is 0 Å². The van der Waals surface area contributed by atoms with Crippen LogP contribution in [-0.2, 0) is 4.74 Å². The summed E-state index contributed by atoms with van der Waals surface area (Å²) in [6.07, 6.45) is -4.23. The van der Waals surface area contributed by atoms with Gasteiger partial charge in [-0.05, 0) is 6.54 Å². The standard InChI is InChI=1S/C8H15ClF3NO/c1-2-13(4-3-9)5-6-14-7-8(10,11)12/h2-7H2,1H3. The van der Waals surface area contributed by atoms with E-state index in [1.807, 2.05) is 11.8 Å². The first kappa shape index (κ1) is 14.0. The highest BCUT2D eigenvalue weighted by Gasteiger charge is 2.27. The predicted molar refractivity (Wildman–Crippen MR) is 49.7 cm³/mol. The van der Waals surface area contributed by atoms with Crippen LogP contribution in [0.5, 0.6) is 0 Å². The molecule has 0 saturated heterocycles. The molecule has 0 rings (SSSR count). The second-order valence-electron chi connectivity index (χ2n) is 2.79. The lowest BCUT2D eigenvalue weighted by Gasteiger charge is -2.18. The van der Waals surface area contributed by atoms with Gasteiger partial charge in [0.05, 0.1) is 6.61 Å². The van der Waals surface area contributed by atoms with Crippen LogP contribution in [0.25, 0.3) is 0 Å². The van der Waals surface area contributed by atoms with Crippen molar-refractivity contribution in [3.05, 3.63) is 0 Å². The molecular weight excluding hydrogens is 219 g/mol. The Bertz CT molecular complexity index is 143. The smallest absolute Gasteiger partial charge is 0.371 e. The van der Waals surface area contributed by atoms with Crippen LogP contribution in [0.15, 0.2) is 0 Å². The maximum atomic E-state index is 11.7. The van der Waals surface area contributed by atoms with Gasteiger partial charge in [-0.15, -0.1) is 11.6 Å². The SMILES string of the molecule is CCN(CCCl)CCOCC(F)(F)F. The monoisotopic (exact) mass is 233 g/mol. The highest BCUT2D eigenvalue weighted by molar-refractivity contribution is 6.18. The molecule has 14 heavy (non-hydrogen) atoms. The van der Waals surface area contributed by atoms with Gasteiger partial charge in [-0.2, -0.15) is 13.2 Å². The first-order valence-corrected chi connectivity index (χ1v) is 4.96. The van der Waals surface area contributed by atoms with E-state index in [1.165, 1.54) is 0 Å².